The van der Waals surface area contributed by atoms with E-state index in [0.717, 1.165) is 23.1 Å². The molecular formula is C17H18BrN3. The number of nitrogens with one attached hydrogen (secondary N) is 1. The summed E-state index contributed by atoms with van der Waals surface area (Å²) in [6, 6.07) is 17.0. The Morgan fingerprint density at radius 1 is 1.14 bits per heavy atom. The van der Waals surface area contributed by atoms with Gasteiger partial charge in [0.1, 0.15) is 0 Å². The zero-order valence-electron chi connectivity index (χ0n) is 12.0. The Bertz CT molecular complexity index is 718. The van der Waals surface area contributed by atoms with Crippen LogP contribution in [0.15, 0.2) is 59.3 Å². The third-order valence-corrected chi connectivity index (χ3v) is 4.23. The van der Waals surface area contributed by atoms with E-state index in [1.807, 2.05) is 18.5 Å². The van der Waals surface area contributed by atoms with Crippen molar-refractivity contribution in [3.05, 3.63) is 64.9 Å². The maximum Gasteiger partial charge on any atom is 0.0958 e. The number of fused-ring (bicyclic) bond motifs is 1. The molecule has 0 aliphatic rings. The smallest absolute Gasteiger partial charge is 0.0958 e. The van der Waals surface area contributed by atoms with Crippen molar-refractivity contribution in [2.24, 2.45) is 0 Å². The van der Waals surface area contributed by atoms with Gasteiger partial charge in [-0.05, 0) is 36.8 Å². The van der Waals surface area contributed by atoms with Gasteiger partial charge in [-0.2, -0.15) is 0 Å². The summed E-state index contributed by atoms with van der Waals surface area (Å²) in [6.07, 6.45) is 1.91. The van der Waals surface area contributed by atoms with Crippen molar-refractivity contribution in [3.8, 4) is 0 Å². The van der Waals surface area contributed by atoms with Gasteiger partial charge in [0, 0.05) is 23.6 Å². The van der Waals surface area contributed by atoms with Crippen LogP contribution in [-0.2, 0) is 6.54 Å². The molecule has 1 N–H and O–H groups in total. The van der Waals surface area contributed by atoms with Gasteiger partial charge in [0.05, 0.1) is 17.4 Å². The van der Waals surface area contributed by atoms with E-state index >= 15 is 0 Å². The normalized spacial score (nSPS) is 12.7. The summed E-state index contributed by atoms with van der Waals surface area (Å²) in [7, 11) is 0. The molecule has 108 valence electrons. The van der Waals surface area contributed by atoms with Crippen LogP contribution in [0.4, 0.5) is 0 Å². The SMILES string of the molecule is C[C@@H](NCCn1cnc2ccccc21)c1ccc(Br)cc1. The molecule has 0 bridgehead atoms. The molecule has 3 aromatic rings. The number of halogens is 1. The van der Waals surface area contributed by atoms with E-state index in [2.05, 4.69) is 74.1 Å². The molecule has 0 aliphatic heterocycles. The maximum atomic E-state index is 4.41. The quantitative estimate of drug-likeness (QED) is 0.754. The Morgan fingerprint density at radius 3 is 2.71 bits per heavy atom. The molecule has 0 unspecified atom stereocenters. The minimum atomic E-state index is 0.341. The van der Waals surface area contributed by atoms with Crippen molar-refractivity contribution < 1.29 is 0 Å². The molecule has 1 heterocycles. The zero-order valence-corrected chi connectivity index (χ0v) is 13.5. The Labute approximate surface area is 133 Å². The van der Waals surface area contributed by atoms with E-state index in [-0.39, 0.29) is 0 Å². The minimum Gasteiger partial charge on any atom is -0.329 e. The molecule has 0 amide bonds. The Balaban J connectivity index is 1.59. The Hall–Kier alpha value is -1.65. The van der Waals surface area contributed by atoms with Crippen molar-refractivity contribution in [2.45, 2.75) is 19.5 Å². The number of hydrogen-bond acceptors (Lipinski definition) is 2. The number of hydrogen-bond donors (Lipinski definition) is 1. The summed E-state index contributed by atoms with van der Waals surface area (Å²) >= 11 is 3.47. The first kappa shape index (κ1) is 14.3. The van der Waals surface area contributed by atoms with E-state index < -0.39 is 0 Å². The standard InChI is InChI=1S/C17H18BrN3/c1-13(14-6-8-15(18)9-7-14)19-10-11-21-12-20-16-4-2-3-5-17(16)21/h2-9,12-13,19H,10-11H2,1H3/t13-/m1/s1. The highest BCUT2D eigenvalue weighted by atomic mass is 79.9. The number of benzene rings is 2. The largest absolute Gasteiger partial charge is 0.329 e. The molecule has 3 rings (SSSR count). The molecule has 0 spiro atoms. The lowest BCUT2D eigenvalue weighted by atomic mass is 10.1. The lowest BCUT2D eigenvalue weighted by Crippen LogP contribution is -2.23. The average molecular weight is 344 g/mol. The lowest BCUT2D eigenvalue weighted by Gasteiger charge is -2.15. The molecule has 4 heteroatoms. The molecule has 1 aromatic heterocycles. The van der Waals surface area contributed by atoms with Crippen LogP contribution >= 0.6 is 15.9 Å². The minimum absolute atomic E-state index is 0.341. The van der Waals surface area contributed by atoms with Crippen molar-refractivity contribution in [2.75, 3.05) is 6.54 Å². The van der Waals surface area contributed by atoms with E-state index in [4.69, 9.17) is 0 Å². The summed E-state index contributed by atoms with van der Waals surface area (Å²) in [6.45, 7) is 4.02. The highest BCUT2D eigenvalue weighted by molar-refractivity contribution is 9.10. The van der Waals surface area contributed by atoms with Gasteiger partial charge >= 0.3 is 0 Å². The van der Waals surface area contributed by atoms with Crippen LogP contribution in [0.5, 0.6) is 0 Å². The van der Waals surface area contributed by atoms with Crippen LogP contribution in [0.25, 0.3) is 11.0 Å². The summed E-state index contributed by atoms with van der Waals surface area (Å²) < 4.78 is 3.31. The first-order valence-corrected chi connectivity index (χ1v) is 7.92. The third kappa shape index (κ3) is 3.34. The maximum absolute atomic E-state index is 4.41. The van der Waals surface area contributed by atoms with Gasteiger partial charge in [-0.3, -0.25) is 0 Å². The summed E-state index contributed by atoms with van der Waals surface area (Å²) in [5, 5.41) is 3.56. The van der Waals surface area contributed by atoms with Gasteiger partial charge < -0.3 is 9.88 Å². The average Bonchev–Trinajstić information content (AvgIpc) is 2.91. The summed E-state index contributed by atoms with van der Waals surface area (Å²) in [5.41, 5.74) is 3.54. The van der Waals surface area contributed by atoms with Crippen LogP contribution in [0.3, 0.4) is 0 Å². The van der Waals surface area contributed by atoms with Crippen molar-refractivity contribution in [1.82, 2.24) is 14.9 Å². The van der Waals surface area contributed by atoms with Crippen LogP contribution in [-0.4, -0.2) is 16.1 Å². The Morgan fingerprint density at radius 2 is 1.90 bits per heavy atom. The van der Waals surface area contributed by atoms with E-state index in [9.17, 15) is 0 Å². The Kier molecular flexibility index (Phi) is 4.36. The van der Waals surface area contributed by atoms with Crippen molar-refractivity contribution >= 4 is 27.0 Å². The first-order valence-electron chi connectivity index (χ1n) is 7.13. The van der Waals surface area contributed by atoms with Crippen LogP contribution in [0.1, 0.15) is 18.5 Å². The fourth-order valence-corrected chi connectivity index (χ4v) is 2.72. The number of para-hydroxylation sites is 2. The van der Waals surface area contributed by atoms with Gasteiger partial charge in [0.2, 0.25) is 0 Å². The zero-order chi connectivity index (χ0) is 14.7. The lowest BCUT2D eigenvalue weighted by molar-refractivity contribution is 0.536. The van der Waals surface area contributed by atoms with Gasteiger partial charge in [-0.1, -0.05) is 40.2 Å². The van der Waals surface area contributed by atoms with E-state index in [1.165, 1.54) is 11.1 Å². The van der Waals surface area contributed by atoms with Gasteiger partial charge in [0.15, 0.2) is 0 Å². The fraction of sp³-hybridized carbons (Fsp3) is 0.235. The predicted molar refractivity (Wildman–Crippen MR) is 90.3 cm³/mol. The number of nitrogens with zero attached hydrogens (tertiary/aromatic N) is 2. The fourth-order valence-electron chi connectivity index (χ4n) is 2.46. The van der Waals surface area contributed by atoms with Crippen LogP contribution < -0.4 is 5.32 Å². The van der Waals surface area contributed by atoms with Crippen molar-refractivity contribution in [3.63, 3.8) is 0 Å². The molecule has 0 fully saturated rings. The van der Waals surface area contributed by atoms with Gasteiger partial charge in [0.25, 0.3) is 0 Å². The second-order valence-electron chi connectivity index (χ2n) is 5.15. The van der Waals surface area contributed by atoms with Crippen LogP contribution in [0.2, 0.25) is 0 Å². The molecule has 21 heavy (non-hydrogen) atoms. The second-order valence-corrected chi connectivity index (χ2v) is 6.07. The molecular weight excluding hydrogens is 326 g/mol. The number of imidazole rings is 1. The van der Waals surface area contributed by atoms with Crippen LogP contribution in [0, 0.1) is 0 Å². The summed E-state index contributed by atoms with van der Waals surface area (Å²) in [5.74, 6) is 0. The molecule has 1 atom stereocenters. The van der Waals surface area contributed by atoms with Gasteiger partial charge in [-0.15, -0.1) is 0 Å². The molecule has 2 aromatic carbocycles. The summed E-state index contributed by atoms with van der Waals surface area (Å²) in [4.78, 5) is 4.41. The highest BCUT2D eigenvalue weighted by Crippen LogP contribution is 2.16. The van der Waals surface area contributed by atoms with E-state index in [1.54, 1.807) is 0 Å². The molecule has 0 aliphatic carbocycles. The second kappa shape index (κ2) is 6.41. The molecule has 0 saturated heterocycles. The van der Waals surface area contributed by atoms with Crippen molar-refractivity contribution in [1.29, 1.82) is 0 Å². The third-order valence-electron chi connectivity index (χ3n) is 3.70. The predicted octanol–water partition coefficient (Wildman–Crippen LogP) is 4.15. The topological polar surface area (TPSA) is 29.9 Å². The van der Waals surface area contributed by atoms with Gasteiger partial charge in [-0.25, -0.2) is 4.98 Å². The van der Waals surface area contributed by atoms with E-state index in [0.29, 0.717) is 6.04 Å². The first-order chi connectivity index (χ1) is 10.2. The highest BCUT2D eigenvalue weighted by Gasteiger charge is 2.05. The molecule has 0 saturated carbocycles. The monoisotopic (exact) mass is 343 g/mol. The number of rotatable bonds is 5. The molecule has 0 radical (unpaired) electrons. The molecule has 3 nitrogen and oxygen atoms in total. The number of aromatic nitrogens is 2.